The lowest BCUT2D eigenvalue weighted by molar-refractivity contribution is -0.113. The van der Waals surface area contributed by atoms with E-state index in [0.717, 1.165) is 11.8 Å². The number of phenols is 1. The molecule has 1 aromatic heterocycles. The Balaban J connectivity index is 1.66. The van der Waals surface area contributed by atoms with Crippen LogP contribution in [0, 0.1) is 0 Å². The van der Waals surface area contributed by atoms with Gasteiger partial charge in [-0.15, -0.1) is 5.10 Å². The second-order valence-corrected chi connectivity index (χ2v) is 9.22. The fourth-order valence-corrected chi connectivity index (χ4v) is 4.99. The van der Waals surface area contributed by atoms with E-state index in [2.05, 4.69) is 20.8 Å². The molecular formula is C19H22N6O4S2. The number of benzene rings is 2. The first-order valence-corrected chi connectivity index (χ1v) is 11.9. The van der Waals surface area contributed by atoms with Gasteiger partial charge in [0.15, 0.2) is 0 Å². The standard InChI is InChI=1S/C19H22N6O4S2/c1-3-24(4-2)31(28,29)17-7-5-6-14(12-17)20-18(27)13-30-19-21-22-23-25(19)15-8-10-16(26)11-9-15/h5-12,26H,3-4,13H2,1-2H3,(H,20,27). The number of amides is 1. The number of nitrogens with one attached hydrogen (secondary N) is 1. The molecule has 0 saturated heterocycles. The predicted molar refractivity (Wildman–Crippen MR) is 117 cm³/mol. The number of thioether (sulfide) groups is 1. The molecule has 0 unspecified atom stereocenters. The van der Waals surface area contributed by atoms with Crippen molar-refractivity contribution in [2.45, 2.75) is 23.9 Å². The molecule has 0 aliphatic rings. The third-order valence-electron chi connectivity index (χ3n) is 4.33. The monoisotopic (exact) mass is 462 g/mol. The number of phenolic OH excluding ortho intramolecular Hbond substituents is 1. The number of rotatable bonds is 9. The summed E-state index contributed by atoms with van der Waals surface area (Å²) in [6, 6.07) is 12.5. The summed E-state index contributed by atoms with van der Waals surface area (Å²) < 4.78 is 28.2. The van der Waals surface area contributed by atoms with Crippen LogP contribution in [0.25, 0.3) is 5.69 Å². The number of anilines is 1. The number of nitrogens with zero attached hydrogens (tertiary/aromatic N) is 5. The van der Waals surface area contributed by atoms with Gasteiger partial charge < -0.3 is 10.4 Å². The van der Waals surface area contributed by atoms with Crippen LogP contribution in [0.15, 0.2) is 58.6 Å². The molecule has 1 amide bonds. The second kappa shape index (κ2) is 9.90. The molecule has 164 valence electrons. The molecule has 31 heavy (non-hydrogen) atoms. The number of aromatic hydroxyl groups is 1. The van der Waals surface area contributed by atoms with Crippen molar-refractivity contribution in [3.05, 3.63) is 48.5 Å². The number of hydrogen-bond acceptors (Lipinski definition) is 8. The van der Waals surface area contributed by atoms with Crippen LogP contribution in [-0.2, 0) is 14.8 Å². The fourth-order valence-electron chi connectivity index (χ4n) is 2.80. The maximum atomic E-state index is 12.7. The van der Waals surface area contributed by atoms with E-state index in [9.17, 15) is 18.3 Å². The van der Waals surface area contributed by atoms with Gasteiger partial charge >= 0.3 is 0 Å². The van der Waals surface area contributed by atoms with E-state index in [1.54, 1.807) is 38.1 Å². The molecule has 12 heteroatoms. The first kappa shape index (κ1) is 22.7. The Hall–Kier alpha value is -2.96. The zero-order valence-corrected chi connectivity index (χ0v) is 18.6. The average Bonchev–Trinajstić information content (AvgIpc) is 3.22. The van der Waals surface area contributed by atoms with Crippen molar-refractivity contribution in [3.63, 3.8) is 0 Å². The van der Waals surface area contributed by atoms with Gasteiger partial charge in [0.2, 0.25) is 21.1 Å². The van der Waals surface area contributed by atoms with Gasteiger partial charge in [-0.25, -0.2) is 8.42 Å². The van der Waals surface area contributed by atoms with Gasteiger partial charge in [-0.05, 0) is 52.9 Å². The van der Waals surface area contributed by atoms with E-state index < -0.39 is 10.0 Å². The van der Waals surface area contributed by atoms with Gasteiger partial charge in [-0.3, -0.25) is 4.79 Å². The summed E-state index contributed by atoms with van der Waals surface area (Å²) in [6.45, 7) is 4.27. The Kier molecular flexibility index (Phi) is 7.25. The van der Waals surface area contributed by atoms with E-state index in [-0.39, 0.29) is 22.3 Å². The fraction of sp³-hybridized carbons (Fsp3) is 0.263. The number of tetrazole rings is 1. The molecule has 1 heterocycles. The summed E-state index contributed by atoms with van der Waals surface area (Å²) in [4.78, 5) is 12.5. The summed E-state index contributed by atoms with van der Waals surface area (Å²) in [7, 11) is -3.62. The van der Waals surface area contributed by atoms with Crippen LogP contribution < -0.4 is 5.32 Å². The van der Waals surface area contributed by atoms with E-state index in [4.69, 9.17) is 0 Å². The van der Waals surface area contributed by atoms with Crippen molar-refractivity contribution in [1.82, 2.24) is 24.5 Å². The van der Waals surface area contributed by atoms with Crippen LogP contribution in [0.3, 0.4) is 0 Å². The maximum Gasteiger partial charge on any atom is 0.243 e. The van der Waals surface area contributed by atoms with Crippen LogP contribution in [0.5, 0.6) is 5.75 Å². The van der Waals surface area contributed by atoms with Gasteiger partial charge in [0.05, 0.1) is 16.3 Å². The first-order valence-electron chi connectivity index (χ1n) is 9.45. The Morgan fingerprint density at radius 3 is 2.55 bits per heavy atom. The number of sulfonamides is 1. The highest BCUT2D eigenvalue weighted by Crippen LogP contribution is 2.22. The molecule has 0 spiro atoms. The zero-order valence-electron chi connectivity index (χ0n) is 17.0. The van der Waals surface area contributed by atoms with Gasteiger partial charge in [0.1, 0.15) is 5.75 Å². The minimum absolute atomic E-state index is 0.0193. The molecule has 0 radical (unpaired) electrons. The summed E-state index contributed by atoms with van der Waals surface area (Å²) in [5.41, 5.74) is 1.02. The first-order chi connectivity index (χ1) is 14.8. The highest BCUT2D eigenvalue weighted by atomic mass is 32.2. The van der Waals surface area contributed by atoms with Gasteiger partial charge in [0.25, 0.3) is 0 Å². The zero-order chi connectivity index (χ0) is 22.4. The molecule has 0 fully saturated rings. The Morgan fingerprint density at radius 1 is 1.16 bits per heavy atom. The van der Waals surface area contributed by atoms with E-state index in [0.29, 0.717) is 29.6 Å². The summed E-state index contributed by atoms with van der Waals surface area (Å²) >= 11 is 1.13. The number of hydrogen-bond donors (Lipinski definition) is 2. The Morgan fingerprint density at radius 2 is 1.87 bits per heavy atom. The SMILES string of the molecule is CCN(CC)S(=O)(=O)c1cccc(NC(=O)CSc2nnnn2-c2ccc(O)cc2)c1. The Bertz CT molecular complexity index is 1140. The van der Waals surface area contributed by atoms with Crippen molar-refractivity contribution < 1.29 is 18.3 Å². The van der Waals surface area contributed by atoms with Crippen molar-refractivity contribution in [2.75, 3.05) is 24.2 Å². The van der Waals surface area contributed by atoms with Crippen molar-refractivity contribution in [2.24, 2.45) is 0 Å². The highest BCUT2D eigenvalue weighted by Gasteiger charge is 2.22. The molecule has 2 N–H and O–H groups in total. The smallest absolute Gasteiger partial charge is 0.243 e. The maximum absolute atomic E-state index is 12.7. The lowest BCUT2D eigenvalue weighted by Gasteiger charge is -2.18. The largest absolute Gasteiger partial charge is 0.508 e. The lowest BCUT2D eigenvalue weighted by atomic mass is 10.3. The van der Waals surface area contributed by atoms with Gasteiger partial charge in [-0.1, -0.05) is 31.7 Å². The average molecular weight is 463 g/mol. The molecular weight excluding hydrogens is 440 g/mol. The molecule has 0 bridgehead atoms. The van der Waals surface area contributed by atoms with E-state index in [1.165, 1.54) is 33.3 Å². The topological polar surface area (TPSA) is 130 Å². The van der Waals surface area contributed by atoms with Crippen molar-refractivity contribution >= 4 is 33.4 Å². The summed E-state index contributed by atoms with van der Waals surface area (Å²) in [5, 5.41) is 24.0. The molecule has 0 aliphatic carbocycles. The molecule has 10 nitrogen and oxygen atoms in total. The highest BCUT2D eigenvalue weighted by molar-refractivity contribution is 7.99. The molecule has 3 aromatic rings. The van der Waals surface area contributed by atoms with E-state index in [1.807, 2.05) is 0 Å². The third-order valence-corrected chi connectivity index (χ3v) is 7.29. The van der Waals surface area contributed by atoms with Gasteiger partial charge in [0, 0.05) is 18.8 Å². The molecule has 0 atom stereocenters. The van der Waals surface area contributed by atoms with E-state index >= 15 is 0 Å². The quantitative estimate of drug-likeness (QED) is 0.463. The predicted octanol–water partition coefficient (Wildman–Crippen LogP) is 2.13. The normalized spacial score (nSPS) is 11.6. The second-order valence-electron chi connectivity index (χ2n) is 6.34. The molecule has 3 rings (SSSR count). The van der Waals surface area contributed by atoms with Crippen LogP contribution >= 0.6 is 11.8 Å². The van der Waals surface area contributed by atoms with Crippen molar-refractivity contribution in [3.8, 4) is 11.4 Å². The molecule has 0 saturated carbocycles. The van der Waals surface area contributed by atoms with Crippen LogP contribution in [-0.4, -0.2) is 62.8 Å². The Labute approximate surface area is 184 Å². The summed E-state index contributed by atoms with van der Waals surface area (Å²) in [6.07, 6.45) is 0. The minimum atomic E-state index is -3.62. The van der Waals surface area contributed by atoms with Crippen molar-refractivity contribution in [1.29, 1.82) is 0 Å². The minimum Gasteiger partial charge on any atom is -0.508 e. The van der Waals surface area contributed by atoms with Crippen LogP contribution in [0.4, 0.5) is 5.69 Å². The number of aromatic nitrogens is 4. The molecule has 0 aliphatic heterocycles. The number of carbonyl (C=O) groups is 1. The molecule has 2 aromatic carbocycles. The van der Waals surface area contributed by atoms with Gasteiger partial charge in [-0.2, -0.15) is 8.99 Å². The lowest BCUT2D eigenvalue weighted by Crippen LogP contribution is -2.30. The summed E-state index contributed by atoms with van der Waals surface area (Å²) in [5.74, 6) is -0.191. The third kappa shape index (κ3) is 5.40. The van der Waals surface area contributed by atoms with Crippen LogP contribution in [0.1, 0.15) is 13.8 Å². The van der Waals surface area contributed by atoms with Crippen LogP contribution in [0.2, 0.25) is 0 Å². The number of carbonyl (C=O) groups excluding carboxylic acids is 1.